The second-order valence-electron chi connectivity index (χ2n) is 16.3. The molecule has 9 rings (SSSR count). The van der Waals surface area contributed by atoms with Crippen LogP contribution in [0.25, 0.3) is 0 Å². The fraction of sp³-hybridized carbons (Fsp3) is 0.846. The smallest absolute Gasteiger partial charge is 0.164 e. The molecule has 0 amide bonds. The molecule has 3 heterocycles. The van der Waals surface area contributed by atoms with Gasteiger partial charge in [0.1, 0.15) is 0 Å². The Bertz CT molecular complexity index is 1150. The average molecular weight is 621 g/mol. The highest BCUT2D eigenvalue weighted by molar-refractivity contribution is 5.19. The molecular weight excluding hydrogens is 564 g/mol. The van der Waals surface area contributed by atoms with E-state index in [2.05, 4.69) is 18.2 Å². The summed E-state index contributed by atoms with van der Waals surface area (Å²) in [6.45, 7) is 3.09. The molecule has 3 saturated heterocycles. The SMILES string of the molecule is C1=C2CCCC(C2)CC1C1OCC(C2C3CCCC(=CC2C2OCCC(C4C5CCCC(=CC4C4OCCCCO4)C5)O2)C3)O1. The summed E-state index contributed by atoms with van der Waals surface area (Å²) >= 11 is 0. The Labute approximate surface area is 270 Å². The van der Waals surface area contributed by atoms with Crippen LogP contribution in [-0.2, 0) is 28.4 Å². The van der Waals surface area contributed by atoms with E-state index in [1.807, 2.05) is 0 Å². The van der Waals surface area contributed by atoms with Crippen LogP contribution in [0.15, 0.2) is 34.9 Å². The van der Waals surface area contributed by atoms with Gasteiger partial charge in [0.25, 0.3) is 0 Å². The van der Waals surface area contributed by atoms with Crippen LogP contribution < -0.4 is 0 Å². The van der Waals surface area contributed by atoms with Gasteiger partial charge in [-0.2, -0.15) is 0 Å². The number of ether oxygens (including phenoxy) is 6. The van der Waals surface area contributed by atoms with Gasteiger partial charge in [-0.15, -0.1) is 0 Å². The lowest BCUT2D eigenvalue weighted by Gasteiger charge is -2.50. The lowest BCUT2D eigenvalue weighted by Crippen LogP contribution is -2.52. The summed E-state index contributed by atoms with van der Waals surface area (Å²) in [5.41, 5.74) is 4.91. The Morgan fingerprint density at radius 3 is 1.87 bits per heavy atom. The van der Waals surface area contributed by atoms with Gasteiger partial charge in [0.15, 0.2) is 18.9 Å². The molecule has 3 saturated carbocycles. The topological polar surface area (TPSA) is 55.4 Å². The maximum Gasteiger partial charge on any atom is 0.164 e. The molecule has 0 aromatic carbocycles. The largest absolute Gasteiger partial charge is 0.352 e. The van der Waals surface area contributed by atoms with Crippen molar-refractivity contribution in [2.75, 3.05) is 26.4 Å². The molecule has 9 aliphatic rings. The van der Waals surface area contributed by atoms with Crippen molar-refractivity contribution in [1.29, 1.82) is 0 Å². The highest BCUT2D eigenvalue weighted by atomic mass is 16.7. The number of allylic oxidation sites excluding steroid dienone is 3. The zero-order valence-corrected chi connectivity index (χ0v) is 27.3. The number of hydrogen-bond acceptors (Lipinski definition) is 6. The molecule has 0 radical (unpaired) electrons. The summed E-state index contributed by atoms with van der Waals surface area (Å²) in [4.78, 5) is 0. The highest BCUT2D eigenvalue weighted by Gasteiger charge is 2.51. The van der Waals surface area contributed by atoms with Crippen molar-refractivity contribution >= 4 is 0 Å². The van der Waals surface area contributed by atoms with Crippen LogP contribution in [0, 0.1) is 47.3 Å². The first-order valence-corrected chi connectivity index (χ1v) is 19.1. The van der Waals surface area contributed by atoms with Crippen molar-refractivity contribution in [1.82, 2.24) is 0 Å². The molecule has 45 heavy (non-hydrogen) atoms. The molecule has 248 valence electrons. The third-order valence-corrected chi connectivity index (χ3v) is 13.4. The Hall–Kier alpha value is -1.02. The van der Waals surface area contributed by atoms with E-state index in [1.54, 1.807) is 16.7 Å². The van der Waals surface area contributed by atoms with E-state index in [0.29, 0.717) is 36.2 Å². The predicted octanol–water partition coefficient (Wildman–Crippen LogP) is 7.87. The standard InChI is InChI=1S/C39H56O6/c1-2-14-41-38(40-13-1)31-21-26-8-4-10-28(17-26)35(31)33-12-15-42-39(44-33)32-22-27-9-5-11-29(18-27)36(32)34-23-43-37(45-34)30-19-24-6-3-7-25(16-24)20-30/h19,21-22,25,28-39H,1-18,20,23H2. The van der Waals surface area contributed by atoms with E-state index in [1.165, 1.54) is 83.5 Å². The first-order valence-electron chi connectivity index (χ1n) is 19.1. The first kappa shape index (κ1) is 30.1. The second-order valence-corrected chi connectivity index (χ2v) is 16.3. The quantitative estimate of drug-likeness (QED) is 0.292. The summed E-state index contributed by atoms with van der Waals surface area (Å²) in [5, 5.41) is 0. The Balaban J connectivity index is 0.954. The van der Waals surface area contributed by atoms with Gasteiger partial charge in [-0.05, 0) is 126 Å². The minimum absolute atomic E-state index is 0.0867. The summed E-state index contributed by atoms with van der Waals surface area (Å²) in [5.74, 6) is 3.84. The molecule has 12 unspecified atom stereocenters. The number of rotatable bonds is 5. The maximum atomic E-state index is 7.24. The van der Waals surface area contributed by atoms with Crippen LogP contribution in [0.1, 0.15) is 103 Å². The van der Waals surface area contributed by atoms with Crippen molar-refractivity contribution in [2.45, 2.75) is 134 Å². The van der Waals surface area contributed by atoms with Gasteiger partial charge in [0, 0.05) is 36.9 Å². The van der Waals surface area contributed by atoms with Gasteiger partial charge in [0.05, 0.1) is 25.4 Å². The zero-order valence-electron chi connectivity index (χ0n) is 27.3. The van der Waals surface area contributed by atoms with Gasteiger partial charge in [-0.1, -0.05) is 34.9 Å². The van der Waals surface area contributed by atoms with Crippen LogP contribution in [0.4, 0.5) is 0 Å². The predicted molar refractivity (Wildman–Crippen MR) is 171 cm³/mol. The average Bonchev–Trinajstić information content (AvgIpc) is 3.38. The Morgan fingerprint density at radius 2 is 1.13 bits per heavy atom. The van der Waals surface area contributed by atoms with Gasteiger partial charge < -0.3 is 28.4 Å². The molecule has 6 aliphatic carbocycles. The van der Waals surface area contributed by atoms with Crippen molar-refractivity contribution in [3.8, 4) is 0 Å². The van der Waals surface area contributed by atoms with E-state index < -0.39 is 0 Å². The molecule has 12 atom stereocenters. The highest BCUT2D eigenvalue weighted by Crippen LogP contribution is 2.52. The third kappa shape index (κ3) is 6.08. The fourth-order valence-electron chi connectivity index (χ4n) is 11.5. The van der Waals surface area contributed by atoms with Gasteiger partial charge in [-0.25, -0.2) is 0 Å². The summed E-state index contributed by atoms with van der Waals surface area (Å²) in [7, 11) is 0. The van der Waals surface area contributed by atoms with Crippen LogP contribution >= 0.6 is 0 Å². The molecule has 3 aliphatic heterocycles. The van der Waals surface area contributed by atoms with E-state index in [9.17, 15) is 0 Å². The maximum absolute atomic E-state index is 7.24. The molecule has 0 aromatic heterocycles. The molecular formula is C39H56O6. The van der Waals surface area contributed by atoms with Gasteiger partial charge in [0.2, 0.25) is 0 Å². The molecule has 0 spiro atoms. The van der Waals surface area contributed by atoms with Crippen molar-refractivity contribution in [2.24, 2.45) is 47.3 Å². The molecule has 6 bridgehead atoms. The molecule has 0 aromatic rings. The lowest BCUT2D eigenvalue weighted by molar-refractivity contribution is -0.269. The zero-order chi connectivity index (χ0) is 29.7. The normalized spacial score (nSPS) is 47.3. The third-order valence-electron chi connectivity index (χ3n) is 13.4. The molecule has 6 fully saturated rings. The molecule has 6 nitrogen and oxygen atoms in total. The van der Waals surface area contributed by atoms with Gasteiger partial charge >= 0.3 is 0 Å². The monoisotopic (exact) mass is 620 g/mol. The van der Waals surface area contributed by atoms with Crippen LogP contribution in [-0.4, -0.2) is 57.5 Å². The Kier molecular flexibility index (Phi) is 8.77. The van der Waals surface area contributed by atoms with E-state index in [-0.39, 0.29) is 42.9 Å². The van der Waals surface area contributed by atoms with E-state index >= 15 is 0 Å². The minimum atomic E-state index is -0.214. The molecule has 6 heteroatoms. The van der Waals surface area contributed by atoms with E-state index in [4.69, 9.17) is 28.4 Å². The van der Waals surface area contributed by atoms with Crippen LogP contribution in [0.2, 0.25) is 0 Å². The second kappa shape index (κ2) is 13.1. The molecule has 0 N–H and O–H groups in total. The summed E-state index contributed by atoms with van der Waals surface area (Å²) in [6, 6.07) is 0. The first-order chi connectivity index (χ1) is 22.2. The van der Waals surface area contributed by atoms with Crippen LogP contribution in [0.3, 0.4) is 0 Å². The van der Waals surface area contributed by atoms with Gasteiger partial charge in [-0.3, -0.25) is 0 Å². The van der Waals surface area contributed by atoms with Crippen molar-refractivity contribution in [3.63, 3.8) is 0 Å². The fourth-order valence-corrected chi connectivity index (χ4v) is 11.5. The lowest BCUT2D eigenvalue weighted by atomic mass is 9.64. The van der Waals surface area contributed by atoms with Crippen molar-refractivity contribution < 1.29 is 28.4 Å². The van der Waals surface area contributed by atoms with Crippen LogP contribution in [0.5, 0.6) is 0 Å². The van der Waals surface area contributed by atoms with Crippen molar-refractivity contribution in [3.05, 3.63) is 34.9 Å². The number of fused-ring (bicyclic) bond motifs is 6. The number of hydrogen-bond donors (Lipinski definition) is 0. The van der Waals surface area contributed by atoms with E-state index in [0.717, 1.165) is 45.0 Å². The summed E-state index contributed by atoms with van der Waals surface area (Å²) in [6.07, 6.45) is 27.3. The minimum Gasteiger partial charge on any atom is -0.352 e. The summed E-state index contributed by atoms with van der Waals surface area (Å²) < 4.78 is 40.2. The Morgan fingerprint density at radius 1 is 0.511 bits per heavy atom.